The van der Waals surface area contributed by atoms with Gasteiger partial charge in [-0.2, -0.15) is 5.10 Å². The second-order valence-corrected chi connectivity index (χ2v) is 4.57. The van der Waals surface area contributed by atoms with E-state index in [-0.39, 0.29) is 6.61 Å². The topological polar surface area (TPSA) is 83.0 Å². The lowest BCUT2D eigenvalue weighted by Crippen LogP contribution is -2.11. The molecule has 0 aliphatic heterocycles. The number of nitrogen functional groups attached to an aromatic ring is 1. The van der Waals surface area contributed by atoms with E-state index in [1.807, 2.05) is 24.6 Å². The van der Waals surface area contributed by atoms with Crippen LogP contribution in [0.15, 0.2) is 18.3 Å². The molecule has 20 heavy (non-hydrogen) atoms. The van der Waals surface area contributed by atoms with Crippen molar-refractivity contribution < 1.29 is 9.53 Å². The second-order valence-electron chi connectivity index (χ2n) is 4.57. The number of hydrogen-bond acceptors (Lipinski definition) is 5. The average molecular weight is 274 g/mol. The van der Waals surface area contributed by atoms with E-state index in [0.717, 1.165) is 17.9 Å². The Bertz CT molecular complexity index is 634. The summed E-state index contributed by atoms with van der Waals surface area (Å²) in [6.07, 6.45) is 1.52. The van der Waals surface area contributed by atoms with Crippen LogP contribution in [-0.2, 0) is 17.9 Å². The van der Waals surface area contributed by atoms with Gasteiger partial charge < -0.3 is 10.5 Å². The van der Waals surface area contributed by atoms with Crippen molar-refractivity contribution in [3.63, 3.8) is 0 Å². The van der Waals surface area contributed by atoms with E-state index in [1.54, 1.807) is 13.0 Å². The molecule has 0 aromatic carbocycles. The number of anilines is 1. The SMILES string of the molecule is CCn1nc(C)cc1COC(=O)c1cc(N)cnc1C. The number of rotatable bonds is 4. The molecule has 2 N–H and O–H groups in total. The van der Waals surface area contributed by atoms with E-state index in [0.29, 0.717) is 16.9 Å². The van der Waals surface area contributed by atoms with E-state index in [1.165, 1.54) is 6.20 Å². The predicted molar refractivity (Wildman–Crippen MR) is 75.1 cm³/mol. The molecule has 0 fully saturated rings. The molecule has 0 atom stereocenters. The fourth-order valence-electron chi connectivity index (χ4n) is 1.96. The Labute approximate surface area is 117 Å². The van der Waals surface area contributed by atoms with Gasteiger partial charge in [-0.05, 0) is 32.9 Å². The number of aromatic nitrogens is 3. The molecule has 6 nitrogen and oxygen atoms in total. The molecule has 0 spiro atoms. The summed E-state index contributed by atoms with van der Waals surface area (Å²) in [7, 11) is 0. The van der Waals surface area contributed by atoms with Crippen LogP contribution in [0, 0.1) is 13.8 Å². The summed E-state index contributed by atoms with van der Waals surface area (Å²) in [4.78, 5) is 16.1. The van der Waals surface area contributed by atoms with Crippen LogP contribution in [0.25, 0.3) is 0 Å². The van der Waals surface area contributed by atoms with Crippen LogP contribution >= 0.6 is 0 Å². The molecular formula is C14H18N4O2. The van der Waals surface area contributed by atoms with E-state index >= 15 is 0 Å². The highest BCUT2D eigenvalue weighted by Gasteiger charge is 2.13. The fraction of sp³-hybridized carbons (Fsp3) is 0.357. The van der Waals surface area contributed by atoms with Crippen LogP contribution < -0.4 is 5.73 Å². The van der Waals surface area contributed by atoms with E-state index < -0.39 is 5.97 Å². The third kappa shape index (κ3) is 2.96. The third-order valence-electron chi connectivity index (χ3n) is 2.96. The molecule has 0 saturated heterocycles. The van der Waals surface area contributed by atoms with E-state index in [4.69, 9.17) is 10.5 Å². The van der Waals surface area contributed by atoms with Gasteiger partial charge in [0, 0.05) is 6.54 Å². The highest BCUT2D eigenvalue weighted by Crippen LogP contribution is 2.13. The zero-order valence-electron chi connectivity index (χ0n) is 11.9. The minimum atomic E-state index is -0.427. The number of ether oxygens (including phenoxy) is 1. The second kappa shape index (κ2) is 5.73. The first-order valence-electron chi connectivity index (χ1n) is 6.43. The molecule has 106 valence electrons. The summed E-state index contributed by atoms with van der Waals surface area (Å²) in [5, 5.41) is 4.30. The molecule has 0 aliphatic carbocycles. The first-order chi connectivity index (χ1) is 9.51. The molecule has 0 unspecified atom stereocenters. The molecule has 2 aromatic heterocycles. The first-order valence-corrected chi connectivity index (χ1v) is 6.43. The first kappa shape index (κ1) is 14.0. The summed E-state index contributed by atoms with van der Waals surface area (Å²) in [5.41, 5.74) is 8.84. The lowest BCUT2D eigenvalue weighted by atomic mass is 10.2. The van der Waals surface area contributed by atoms with Gasteiger partial charge in [0.15, 0.2) is 0 Å². The number of carbonyl (C=O) groups is 1. The van der Waals surface area contributed by atoms with Crippen LogP contribution in [0.4, 0.5) is 5.69 Å². The largest absolute Gasteiger partial charge is 0.456 e. The minimum Gasteiger partial charge on any atom is -0.456 e. The van der Waals surface area contributed by atoms with Crippen molar-refractivity contribution in [1.82, 2.24) is 14.8 Å². The van der Waals surface area contributed by atoms with Crippen molar-refractivity contribution in [2.45, 2.75) is 33.9 Å². The van der Waals surface area contributed by atoms with Gasteiger partial charge in [-0.1, -0.05) is 0 Å². The van der Waals surface area contributed by atoms with Crippen molar-refractivity contribution in [1.29, 1.82) is 0 Å². The van der Waals surface area contributed by atoms with Gasteiger partial charge in [-0.25, -0.2) is 4.79 Å². The lowest BCUT2D eigenvalue weighted by molar-refractivity contribution is 0.0461. The van der Waals surface area contributed by atoms with Gasteiger partial charge in [0.25, 0.3) is 0 Å². The van der Waals surface area contributed by atoms with Gasteiger partial charge in [0.2, 0.25) is 0 Å². The Kier molecular flexibility index (Phi) is 4.02. The monoisotopic (exact) mass is 274 g/mol. The van der Waals surface area contributed by atoms with Gasteiger partial charge in [0.05, 0.1) is 34.5 Å². The summed E-state index contributed by atoms with van der Waals surface area (Å²) in [5.74, 6) is -0.427. The molecule has 2 heterocycles. The van der Waals surface area contributed by atoms with Crippen LogP contribution in [-0.4, -0.2) is 20.7 Å². The highest BCUT2D eigenvalue weighted by molar-refractivity contribution is 5.91. The maximum atomic E-state index is 12.1. The number of aryl methyl sites for hydroxylation is 3. The molecule has 0 amide bonds. The zero-order valence-corrected chi connectivity index (χ0v) is 11.9. The minimum absolute atomic E-state index is 0.182. The smallest absolute Gasteiger partial charge is 0.340 e. The van der Waals surface area contributed by atoms with Crippen molar-refractivity contribution >= 4 is 11.7 Å². The van der Waals surface area contributed by atoms with Gasteiger partial charge in [-0.15, -0.1) is 0 Å². The van der Waals surface area contributed by atoms with Crippen molar-refractivity contribution in [2.75, 3.05) is 5.73 Å². The van der Waals surface area contributed by atoms with Crippen LogP contribution in [0.1, 0.15) is 34.4 Å². The Balaban J connectivity index is 2.10. The van der Waals surface area contributed by atoms with Crippen LogP contribution in [0.3, 0.4) is 0 Å². The molecule has 0 radical (unpaired) electrons. The number of nitrogens with two attached hydrogens (primary N) is 1. The van der Waals surface area contributed by atoms with Crippen LogP contribution in [0.2, 0.25) is 0 Å². The van der Waals surface area contributed by atoms with Crippen molar-refractivity contribution in [3.8, 4) is 0 Å². The quantitative estimate of drug-likeness (QED) is 0.860. The van der Waals surface area contributed by atoms with Gasteiger partial charge >= 0.3 is 5.97 Å². The molecule has 6 heteroatoms. The van der Waals surface area contributed by atoms with Crippen molar-refractivity contribution in [3.05, 3.63) is 41.0 Å². The zero-order chi connectivity index (χ0) is 14.7. The third-order valence-corrected chi connectivity index (χ3v) is 2.96. The number of hydrogen-bond donors (Lipinski definition) is 1. The van der Waals surface area contributed by atoms with E-state index in [2.05, 4.69) is 10.1 Å². The fourth-order valence-corrected chi connectivity index (χ4v) is 1.96. The summed E-state index contributed by atoms with van der Waals surface area (Å²) >= 11 is 0. The number of carbonyl (C=O) groups excluding carboxylic acids is 1. The van der Waals surface area contributed by atoms with Gasteiger partial charge in [-0.3, -0.25) is 9.67 Å². The Morgan fingerprint density at radius 2 is 2.15 bits per heavy atom. The number of esters is 1. The summed E-state index contributed by atoms with van der Waals surface area (Å²) in [6.45, 7) is 6.56. The molecule has 2 rings (SSSR count). The number of pyridine rings is 1. The molecule has 0 saturated carbocycles. The van der Waals surface area contributed by atoms with Crippen molar-refractivity contribution in [2.24, 2.45) is 0 Å². The maximum Gasteiger partial charge on any atom is 0.340 e. The predicted octanol–water partition coefficient (Wildman–Crippen LogP) is 1.85. The highest BCUT2D eigenvalue weighted by atomic mass is 16.5. The summed E-state index contributed by atoms with van der Waals surface area (Å²) < 4.78 is 7.12. The molecule has 0 aliphatic rings. The standard InChI is InChI=1S/C14H18N4O2/c1-4-18-12(5-9(2)17-18)8-20-14(19)13-6-11(15)7-16-10(13)3/h5-7H,4,8,15H2,1-3H3. The molecule has 2 aromatic rings. The Hall–Kier alpha value is -2.37. The average Bonchev–Trinajstić information content (AvgIpc) is 2.79. The molecule has 0 bridgehead atoms. The normalized spacial score (nSPS) is 10.6. The van der Waals surface area contributed by atoms with Gasteiger partial charge in [0.1, 0.15) is 6.61 Å². The Morgan fingerprint density at radius 1 is 1.40 bits per heavy atom. The lowest BCUT2D eigenvalue weighted by Gasteiger charge is -2.08. The van der Waals surface area contributed by atoms with Crippen LogP contribution in [0.5, 0.6) is 0 Å². The summed E-state index contributed by atoms with van der Waals surface area (Å²) in [6, 6.07) is 3.48. The Morgan fingerprint density at radius 3 is 2.85 bits per heavy atom. The maximum absolute atomic E-state index is 12.1. The number of nitrogens with zero attached hydrogens (tertiary/aromatic N) is 3. The van der Waals surface area contributed by atoms with E-state index in [9.17, 15) is 4.79 Å². The molecular weight excluding hydrogens is 256 g/mol.